The topological polar surface area (TPSA) is 35.9 Å². The van der Waals surface area contributed by atoms with Gasteiger partial charge in [0, 0.05) is 35.1 Å². The summed E-state index contributed by atoms with van der Waals surface area (Å²) < 4.78 is 1.05. The second-order valence-electron chi connectivity index (χ2n) is 8.25. The quantitative estimate of drug-likeness (QED) is 0.645. The predicted octanol–water partition coefficient (Wildman–Crippen LogP) is 4.84. The summed E-state index contributed by atoms with van der Waals surface area (Å²) >= 11 is 3.50. The van der Waals surface area contributed by atoms with Gasteiger partial charge in [-0.2, -0.15) is 5.10 Å². The number of ketones is 1. The van der Waals surface area contributed by atoms with E-state index < -0.39 is 0 Å². The molecule has 0 fully saturated rings. The third-order valence-corrected chi connectivity index (χ3v) is 6.10. The van der Waals surface area contributed by atoms with Gasteiger partial charge in [0.1, 0.15) is 0 Å². The number of Topliss-reactive ketones (excluding diaryl/α,β-unsaturated/α-hetero) is 1. The molecule has 0 N–H and O–H groups in total. The molecule has 1 aromatic rings. The number of hydrogen-bond donors (Lipinski definition) is 0. The summed E-state index contributed by atoms with van der Waals surface area (Å²) in [5.74, 6) is 0.290. The van der Waals surface area contributed by atoms with Crippen LogP contribution in [0.15, 0.2) is 45.1 Å². The summed E-state index contributed by atoms with van der Waals surface area (Å²) in [4.78, 5) is 15.3. The van der Waals surface area contributed by atoms with E-state index in [0.717, 1.165) is 59.6 Å². The van der Waals surface area contributed by atoms with Crippen LogP contribution in [0.1, 0.15) is 52.5 Å². The van der Waals surface area contributed by atoms with E-state index in [-0.39, 0.29) is 5.41 Å². The fourth-order valence-corrected chi connectivity index (χ4v) is 4.21. The minimum Gasteiger partial charge on any atom is -0.302 e. The van der Waals surface area contributed by atoms with Crippen molar-refractivity contribution in [2.45, 2.75) is 47.0 Å². The minimum atomic E-state index is 0.00794. The van der Waals surface area contributed by atoms with E-state index in [1.165, 1.54) is 0 Å². The number of benzene rings is 1. The molecule has 0 aromatic heterocycles. The Bertz CT molecular complexity index is 760. The number of carbonyl (C=O) groups is 1. The molecule has 2 aliphatic rings. The number of hydrogen-bond acceptors (Lipinski definition) is 4. The van der Waals surface area contributed by atoms with Crippen molar-refractivity contribution in [1.29, 1.82) is 0 Å². The highest BCUT2D eigenvalue weighted by Gasteiger charge is 2.37. The Labute approximate surface area is 171 Å². The molecule has 0 bridgehead atoms. The minimum absolute atomic E-state index is 0.00794. The Hall–Kier alpha value is -1.46. The highest BCUT2D eigenvalue weighted by Crippen LogP contribution is 2.41. The van der Waals surface area contributed by atoms with Crippen molar-refractivity contribution in [2.75, 3.05) is 26.2 Å². The lowest BCUT2D eigenvalue weighted by Gasteiger charge is -2.39. The monoisotopic (exact) mass is 431 g/mol. The first-order valence-corrected chi connectivity index (χ1v) is 10.7. The smallest absolute Gasteiger partial charge is 0.161 e. The first-order valence-electron chi connectivity index (χ1n) is 9.91. The maximum Gasteiger partial charge on any atom is 0.161 e. The van der Waals surface area contributed by atoms with Crippen LogP contribution in [0.5, 0.6) is 0 Å². The molecule has 5 heteroatoms. The SMILES string of the molecule is CCN(CC)CCN1N=C(c2ccc(Br)cc2)CC2=C1CC(C)(C)CC2=O. The van der Waals surface area contributed by atoms with Gasteiger partial charge in [0.05, 0.1) is 12.3 Å². The summed E-state index contributed by atoms with van der Waals surface area (Å²) in [6.07, 6.45) is 2.19. The second-order valence-corrected chi connectivity index (χ2v) is 9.16. The van der Waals surface area contributed by atoms with E-state index in [9.17, 15) is 4.79 Å². The molecule has 146 valence electrons. The van der Waals surface area contributed by atoms with Crippen molar-refractivity contribution in [3.05, 3.63) is 45.6 Å². The summed E-state index contributed by atoms with van der Waals surface area (Å²) in [5, 5.41) is 7.12. The fraction of sp³-hybridized carbons (Fsp3) is 0.545. The van der Waals surface area contributed by atoms with Crippen molar-refractivity contribution >= 4 is 27.4 Å². The van der Waals surface area contributed by atoms with Crippen LogP contribution in [-0.2, 0) is 4.79 Å². The van der Waals surface area contributed by atoms with Crippen molar-refractivity contribution in [3.8, 4) is 0 Å². The number of hydrazone groups is 1. The second kappa shape index (κ2) is 8.27. The molecule has 1 aliphatic carbocycles. The zero-order valence-electron chi connectivity index (χ0n) is 16.9. The molecule has 1 heterocycles. The molecule has 0 spiro atoms. The van der Waals surface area contributed by atoms with Crippen LogP contribution in [0, 0.1) is 5.41 Å². The van der Waals surface area contributed by atoms with Crippen molar-refractivity contribution in [1.82, 2.24) is 9.91 Å². The van der Waals surface area contributed by atoms with Gasteiger partial charge in [0.2, 0.25) is 0 Å². The van der Waals surface area contributed by atoms with Crippen LogP contribution in [0.4, 0.5) is 0 Å². The van der Waals surface area contributed by atoms with Crippen LogP contribution in [0.25, 0.3) is 0 Å². The van der Waals surface area contributed by atoms with Crippen LogP contribution in [0.2, 0.25) is 0 Å². The first kappa shape index (κ1) is 20.3. The van der Waals surface area contributed by atoms with E-state index in [4.69, 9.17) is 5.10 Å². The molecule has 0 saturated carbocycles. The van der Waals surface area contributed by atoms with E-state index in [0.29, 0.717) is 18.6 Å². The summed E-state index contributed by atoms with van der Waals surface area (Å²) in [6.45, 7) is 12.6. The molecule has 1 aliphatic heterocycles. The molecule has 0 saturated heterocycles. The Morgan fingerprint density at radius 2 is 1.81 bits per heavy atom. The molecular weight excluding hydrogens is 402 g/mol. The number of nitrogens with zero attached hydrogens (tertiary/aromatic N) is 3. The lowest BCUT2D eigenvalue weighted by atomic mass is 9.74. The van der Waals surface area contributed by atoms with Gasteiger partial charge < -0.3 is 4.90 Å². The van der Waals surface area contributed by atoms with Gasteiger partial charge in [-0.15, -0.1) is 0 Å². The molecule has 27 heavy (non-hydrogen) atoms. The zero-order chi connectivity index (χ0) is 19.6. The maximum absolute atomic E-state index is 12.9. The molecule has 1 aromatic carbocycles. The number of allylic oxidation sites excluding steroid dienone is 2. The molecule has 4 nitrogen and oxygen atoms in total. The molecule has 0 unspecified atom stereocenters. The number of likely N-dealkylation sites (N-methyl/N-ethyl adjacent to an activating group) is 1. The van der Waals surface area contributed by atoms with E-state index >= 15 is 0 Å². The van der Waals surface area contributed by atoms with Crippen LogP contribution in [-0.4, -0.2) is 47.6 Å². The lowest BCUT2D eigenvalue weighted by Crippen LogP contribution is -2.39. The van der Waals surface area contributed by atoms with Crippen LogP contribution < -0.4 is 0 Å². The number of rotatable bonds is 6. The van der Waals surface area contributed by atoms with Gasteiger partial charge >= 0.3 is 0 Å². The van der Waals surface area contributed by atoms with Crippen LogP contribution in [0.3, 0.4) is 0 Å². The van der Waals surface area contributed by atoms with E-state index in [1.807, 2.05) is 12.1 Å². The summed E-state index contributed by atoms with van der Waals surface area (Å²) in [7, 11) is 0. The number of carbonyl (C=O) groups excluding carboxylic acids is 1. The van der Waals surface area contributed by atoms with Gasteiger partial charge in [0.25, 0.3) is 0 Å². The van der Waals surface area contributed by atoms with Gasteiger partial charge in [-0.05, 0) is 42.6 Å². The molecule has 3 rings (SSSR count). The zero-order valence-corrected chi connectivity index (χ0v) is 18.5. The highest BCUT2D eigenvalue weighted by molar-refractivity contribution is 9.10. The van der Waals surface area contributed by atoms with Gasteiger partial charge in [-0.3, -0.25) is 9.80 Å². The molecule has 0 atom stereocenters. The Kier molecular flexibility index (Phi) is 6.21. The van der Waals surface area contributed by atoms with Crippen LogP contribution >= 0.6 is 15.9 Å². The Morgan fingerprint density at radius 1 is 1.15 bits per heavy atom. The predicted molar refractivity (Wildman–Crippen MR) is 115 cm³/mol. The summed E-state index contributed by atoms with van der Waals surface area (Å²) in [5.41, 5.74) is 4.21. The maximum atomic E-state index is 12.9. The van der Waals surface area contributed by atoms with E-state index in [1.54, 1.807) is 0 Å². The normalized spacial score (nSPS) is 19.4. The molecule has 0 radical (unpaired) electrons. The first-order chi connectivity index (χ1) is 12.8. The third-order valence-electron chi connectivity index (χ3n) is 5.57. The van der Waals surface area contributed by atoms with Gasteiger partial charge in [-0.25, -0.2) is 0 Å². The van der Waals surface area contributed by atoms with Crippen molar-refractivity contribution < 1.29 is 4.79 Å². The largest absolute Gasteiger partial charge is 0.302 e. The standard InChI is InChI=1S/C22H30BrN3O/c1-5-25(6-2)11-12-26-20-14-22(3,4)15-21(27)18(20)13-19(24-26)16-7-9-17(23)10-8-16/h7-10H,5-6,11-15H2,1-4H3. The molecular formula is C22H30BrN3O. The van der Waals surface area contributed by atoms with E-state index in [2.05, 4.69) is 65.7 Å². The van der Waals surface area contributed by atoms with Gasteiger partial charge in [0.15, 0.2) is 5.78 Å². The van der Waals surface area contributed by atoms with Crippen molar-refractivity contribution in [2.24, 2.45) is 10.5 Å². The summed E-state index contributed by atoms with van der Waals surface area (Å²) in [6, 6.07) is 8.23. The number of halogens is 1. The highest BCUT2D eigenvalue weighted by atomic mass is 79.9. The fourth-order valence-electron chi connectivity index (χ4n) is 3.94. The average molecular weight is 432 g/mol. The third kappa shape index (κ3) is 4.69. The average Bonchev–Trinajstić information content (AvgIpc) is 2.62. The van der Waals surface area contributed by atoms with Gasteiger partial charge in [-0.1, -0.05) is 55.8 Å². The lowest BCUT2D eigenvalue weighted by molar-refractivity contribution is -0.118. The van der Waals surface area contributed by atoms with Crippen molar-refractivity contribution in [3.63, 3.8) is 0 Å². The Balaban J connectivity index is 1.92. The molecule has 0 amide bonds. The Morgan fingerprint density at radius 3 is 2.44 bits per heavy atom.